The van der Waals surface area contributed by atoms with Crippen LogP contribution in [0.1, 0.15) is 28.4 Å². The molecule has 0 spiro atoms. The predicted molar refractivity (Wildman–Crippen MR) is 73.1 cm³/mol. The number of rotatable bonds is 7. The Morgan fingerprint density at radius 2 is 1.95 bits per heavy atom. The lowest BCUT2D eigenvalue weighted by Gasteiger charge is -2.12. The summed E-state index contributed by atoms with van der Waals surface area (Å²) in [6.07, 6.45) is 0. The highest BCUT2D eigenvalue weighted by Crippen LogP contribution is 2.22. The van der Waals surface area contributed by atoms with Crippen molar-refractivity contribution in [2.24, 2.45) is 0 Å². The number of carbonyl (C=O) groups is 1. The lowest BCUT2D eigenvalue weighted by molar-refractivity contribution is 0.0451. The molecule has 0 saturated heterocycles. The predicted octanol–water partition coefficient (Wildman–Crippen LogP) is 1.92. The van der Waals surface area contributed by atoms with Gasteiger partial charge in [0.2, 0.25) is 0 Å². The normalized spacial score (nSPS) is 10.5. The number of benzene rings is 1. The number of hydrogen-bond acceptors (Lipinski definition) is 5. The van der Waals surface area contributed by atoms with Crippen LogP contribution in [0.25, 0.3) is 0 Å². The second kappa shape index (κ2) is 7.76. The number of esters is 1. The van der Waals surface area contributed by atoms with E-state index in [1.807, 2.05) is 19.9 Å². The van der Waals surface area contributed by atoms with Gasteiger partial charge in [-0.15, -0.1) is 0 Å². The first-order valence-corrected chi connectivity index (χ1v) is 6.23. The fourth-order valence-electron chi connectivity index (χ4n) is 1.66. The average molecular weight is 267 g/mol. The van der Waals surface area contributed by atoms with E-state index in [2.05, 4.69) is 4.74 Å². The van der Waals surface area contributed by atoms with Gasteiger partial charge in [-0.2, -0.15) is 0 Å². The Hall–Kier alpha value is -1.59. The molecule has 19 heavy (non-hydrogen) atoms. The lowest BCUT2D eigenvalue weighted by atomic mass is 10.0. The molecule has 0 radical (unpaired) electrons. The molecular weight excluding hydrogens is 246 g/mol. The SMILES string of the molecule is CCOCCOCc1ccc(C(=O)OC)c(N)c1C. The summed E-state index contributed by atoms with van der Waals surface area (Å²) < 4.78 is 15.3. The molecule has 0 aromatic heterocycles. The van der Waals surface area contributed by atoms with Gasteiger partial charge in [-0.3, -0.25) is 0 Å². The summed E-state index contributed by atoms with van der Waals surface area (Å²) in [7, 11) is 1.34. The second-order valence-corrected chi connectivity index (χ2v) is 4.05. The minimum absolute atomic E-state index is 0.387. The largest absolute Gasteiger partial charge is 0.465 e. The van der Waals surface area contributed by atoms with E-state index < -0.39 is 5.97 Å². The van der Waals surface area contributed by atoms with Crippen molar-refractivity contribution in [3.05, 3.63) is 28.8 Å². The third-order valence-corrected chi connectivity index (χ3v) is 2.87. The molecule has 0 heterocycles. The second-order valence-electron chi connectivity index (χ2n) is 4.05. The molecule has 1 aromatic rings. The number of nitrogen functional groups attached to an aromatic ring is 1. The summed E-state index contributed by atoms with van der Waals surface area (Å²) in [5.74, 6) is -0.426. The van der Waals surface area contributed by atoms with Crippen molar-refractivity contribution < 1.29 is 19.0 Å². The highest BCUT2D eigenvalue weighted by Gasteiger charge is 2.13. The van der Waals surface area contributed by atoms with Gasteiger partial charge >= 0.3 is 5.97 Å². The van der Waals surface area contributed by atoms with Crippen LogP contribution < -0.4 is 5.73 Å². The summed E-state index contributed by atoms with van der Waals surface area (Å²) in [6.45, 7) is 6.05. The van der Waals surface area contributed by atoms with E-state index >= 15 is 0 Å². The monoisotopic (exact) mass is 267 g/mol. The number of carbonyl (C=O) groups excluding carboxylic acids is 1. The summed E-state index contributed by atoms with van der Waals surface area (Å²) in [4.78, 5) is 11.5. The van der Waals surface area contributed by atoms with Crippen molar-refractivity contribution in [1.29, 1.82) is 0 Å². The Balaban J connectivity index is 2.66. The third-order valence-electron chi connectivity index (χ3n) is 2.87. The van der Waals surface area contributed by atoms with Crippen LogP contribution in [0.2, 0.25) is 0 Å². The smallest absolute Gasteiger partial charge is 0.339 e. The van der Waals surface area contributed by atoms with Gasteiger partial charge in [0, 0.05) is 12.3 Å². The van der Waals surface area contributed by atoms with Crippen LogP contribution in [0.4, 0.5) is 5.69 Å². The molecule has 106 valence electrons. The Morgan fingerprint density at radius 3 is 2.58 bits per heavy atom. The van der Waals surface area contributed by atoms with Gasteiger partial charge in [0.15, 0.2) is 0 Å². The van der Waals surface area contributed by atoms with E-state index in [1.54, 1.807) is 6.07 Å². The standard InChI is InChI=1S/C14H21NO4/c1-4-18-7-8-19-9-11-5-6-12(14(16)17-3)13(15)10(11)2/h5-6H,4,7-9,15H2,1-3H3. The van der Waals surface area contributed by atoms with E-state index in [4.69, 9.17) is 15.2 Å². The molecule has 5 heteroatoms. The minimum Gasteiger partial charge on any atom is -0.465 e. The zero-order valence-electron chi connectivity index (χ0n) is 11.7. The van der Waals surface area contributed by atoms with Crippen LogP contribution in [0.15, 0.2) is 12.1 Å². The fraction of sp³-hybridized carbons (Fsp3) is 0.500. The molecule has 0 bridgehead atoms. The van der Waals surface area contributed by atoms with Crippen molar-refractivity contribution in [1.82, 2.24) is 0 Å². The topological polar surface area (TPSA) is 70.8 Å². The van der Waals surface area contributed by atoms with Crippen LogP contribution in [0.3, 0.4) is 0 Å². The molecular formula is C14H21NO4. The highest BCUT2D eigenvalue weighted by atomic mass is 16.5. The fourth-order valence-corrected chi connectivity index (χ4v) is 1.66. The van der Waals surface area contributed by atoms with Gasteiger partial charge in [-0.25, -0.2) is 4.79 Å². The molecule has 0 aliphatic heterocycles. The molecule has 2 N–H and O–H groups in total. The van der Waals surface area contributed by atoms with E-state index in [-0.39, 0.29) is 0 Å². The van der Waals surface area contributed by atoms with E-state index in [0.29, 0.717) is 37.7 Å². The first kappa shape index (κ1) is 15.5. The van der Waals surface area contributed by atoms with Crippen LogP contribution in [0.5, 0.6) is 0 Å². The van der Waals surface area contributed by atoms with Gasteiger partial charge in [0.25, 0.3) is 0 Å². The van der Waals surface area contributed by atoms with E-state index in [0.717, 1.165) is 11.1 Å². The third kappa shape index (κ3) is 4.22. The summed E-state index contributed by atoms with van der Waals surface area (Å²) in [5, 5.41) is 0. The van der Waals surface area contributed by atoms with E-state index in [1.165, 1.54) is 7.11 Å². The molecule has 0 amide bonds. The molecule has 1 aromatic carbocycles. The van der Waals surface area contributed by atoms with Gasteiger partial charge < -0.3 is 19.9 Å². The van der Waals surface area contributed by atoms with Crippen molar-refractivity contribution in [2.75, 3.05) is 32.7 Å². The molecule has 0 saturated carbocycles. The van der Waals surface area contributed by atoms with Gasteiger partial charge in [0.1, 0.15) is 0 Å². The Labute approximate surface area is 113 Å². The van der Waals surface area contributed by atoms with Gasteiger partial charge in [-0.05, 0) is 31.0 Å². The Kier molecular flexibility index (Phi) is 6.32. The maximum atomic E-state index is 11.5. The lowest BCUT2D eigenvalue weighted by Crippen LogP contribution is -2.10. The molecule has 5 nitrogen and oxygen atoms in total. The van der Waals surface area contributed by atoms with Crippen molar-refractivity contribution in [3.8, 4) is 0 Å². The summed E-state index contributed by atoms with van der Waals surface area (Å²) >= 11 is 0. The zero-order valence-corrected chi connectivity index (χ0v) is 11.7. The number of ether oxygens (including phenoxy) is 3. The quantitative estimate of drug-likeness (QED) is 0.464. The number of hydrogen-bond donors (Lipinski definition) is 1. The average Bonchev–Trinajstić information content (AvgIpc) is 2.42. The van der Waals surface area contributed by atoms with Crippen molar-refractivity contribution in [2.45, 2.75) is 20.5 Å². The molecule has 0 unspecified atom stereocenters. The number of methoxy groups -OCH3 is 1. The minimum atomic E-state index is -0.426. The zero-order chi connectivity index (χ0) is 14.3. The number of nitrogens with two attached hydrogens (primary N) is 1. The first-order valence-electron chi connectivity index (χ1n) is 6.23. The Morgan fingerprint density at radius 1 is 1.26 bits per heavy atom. The summed E-state index contributed by atoms with van der Waals surface area (Å²) in [6, 6.07) is 3.49. The molecule has 0 aliphatic carbocycles. The van der Waals surface area contributed by atoms with Crippen LogP contribution >= 0.6 is 0 Å². The van der Waals surface area contributed by atoms with Crippen LogP contribution in [0, 0.1) is 6.92 Å². The first-order chi connectivity index (χ1) is 9.11. The number of anilines is 1. The molecule has 1 rings (SSSR count). The maximum Gasteiger partial charge on any atom is 0.339 e. The maximum absolute atomic E-state index is 11.5. The van der Waals surface area contributed by atoms with Crippen molar-refractivity contribution >= 4 is 11.7 Å². The van der Waals surface area contributed by atoms with Crippen LogP contribution in [-0.2, 0) is 20.8 Å². The van der Waals surface area contributed by atoms with E-state index in [9.17, 15) is 4.79 Å². The Bertz CT molecular complexity index is 432. The summed E-state index contributed by atoms with van der Waals surface area (Å²) in [5.41, 5.74) is 8.57. The van der Waals surface area contributed by atoms with Crippen molar-refractivity contribution in [3.63, 3.8) is 0 Å². The highest BCUT2D eigenvalue weighted by molar-refractivity contribution is 5.95. The van der Waals surface area contributed by atoms with Crippen LogP contribution in [-0.4, -0.2) is 32.9 Å². The molecule has 0 aliphatic rings. The van der Waals surface area contributed by atoms with Gasteiger partial charge in [-0.1, -0.05) is 6.07 Å². The molecule has 0 fully saturated rings. The molecule has 0 atom stereocenters. The van der Waals surface area contributed by atoms with Gasteiger partial charge in [0.05, 0.1) is 32.5 Å².